The Bertz CT molecular complexity index is 481. The van der Waals surface area contributed by atoms with Gasteiger partial charge >= 0.3 is 0 Å². The molecule has 2 heterocycles. The number of anilines is 1. The van der Waals surface area contributed by atoms with Gasteiger partial charge in [0.2, 0.25) is 0 Å². The van der Waals surface area contributed by atoms with Gasteiger partial charge in [0.05, 0.1) is 11.9 Å². The molecule has 0 atom stereocenters. The standard InChI is InChI=1S/C14H23ClN4O/c1-2-19-14(20)13(15)12(11-17-19)16-7-10-18-8-5-3-4-6-9-18/h11,16H,2-10H2,1H3. The maximum absolute atomic E-state index is 11.8. The zero-order chi connectivity index (χ0) is 14.4. The van der Waals surface area contributed by atoms with Crippen molar-refractivity contribution in [1.82, 2.24) is 14.7 Å². The van der Waals surface area contributed by atoms with Gasteiger partial charge in [-0.15, -0.1) is 0 Å². The average molecular weight is 299 g/mol. The number of aryl methyl sites for hydroxylation is 1. The summed E-state index contributed by atoms with van der Waals surface area (Å²) in [6, 6.07) is 0. The molecule has 0 saturated carbocycles. The molecule has 1 fully saturated rings. The van der Waals surface area contributed by atoms with Crippen LogP contribution in [0.5, 0.6) is 0 Å². The van der Waals surface area contributed by atoms with E-state index >= 15 is 0 Å². The van der Waals surface area contributed by atoms with Crippen LogP contribution in [0.3, 0.4) is 0 Å². The average Bonchev–Trinajstić information content (AvgIpc) is 2.72. The summed E-state index contributed by atoms with van der Waals surface area (Å²) in [5.41, 5.74) is 0.408. The summed E-state index contributed by atoms with van der Waals surface area (Å²) in [6.45, 7) is 6.52. The van der Waals surface area contributed by atoms with Crippen molar-refractivity contribution in [2.24, 2.45) is 0 Å². The Morgan fingerprint density at radius 3 is 2.65 bits per heavy atom. The number of rotatable bonds is 5. The number of likely N-dealkylation sites (tertiary alicyclic amines) is 1. The number of hydrogen-bond donors (Lipinski definition) is 1. The van der Waals surface area contributed by atoms with E-state index in [1.165, 1.54) is 43.5 Å². The van der Waals surface area contributed by atoms with Gasteiger partial charge in [-0.05, 0) is 32.9 Å². The van der Waals surface area contributed by atoms with Crippen molar-refractivity contribution in [3.8, 4) is 0 Å². The fourth-order valence-corrected chi connectivity index (χ4v) is 2.74. The molecule has 1 N–H and O–H groups in total. The highest BCUT2D eigenvalue weighted by molar-refractivity contribution is 6.32. The summed E-state index contributed by atoms with van der Waals surface area (Å²) in [7, 11) is 0. The molecular weight excluding hydrogens is 276 g/mol. The Kier molecular flexibility index (Phi) is 5.86. The van der Waals surface area contributed by atoms with E-state index in [-0.39, 0.29) is 10.6 Å². The lowest BCUT2D eigenvalue weighted by atomic mass is 10.2. The molecule has 0 unspecified atom stereocenters. The van der Waals surface area contributed by atoms with Crippen LogP contribution in [0, 0.1) is 0 Å². The molecule has 1 saturated heterocycles. The van der Waals surface area contributed by atoms with E-state index in [1.54, 1.807) is 6.20 Å². The van der Waals surface area contributed by atoms with Crippen molar-refractivity contribution in [3.63, 3.8) is 0 Å². The number of aromatic nitrogens is 2. The Morgan fingerprint density at radius 1 is 1.30 bits per heavy atom. The first kappa shape index (κ1) is 15.3. The van der Waals surface area contributed by atoms with Gasteiger partial charge in [-0.1, -0.05) is 24.4 Å². The number of halogens is 1. The molecular formula is C14H23ClN4O. The fourth-order valence-electron chi connectivity index (χ4n) is 2.52. The van der Waals surface area contributed by atoms with E-state index < -0.39 is 0 Å². The predicted octanol–water partition coefficient (Wildman–Crippen LogP) is 2.20. The fraction of sp³-hybridized carbons (Fsp3) is 0.714. The zero-order valence-electron chi connectivity index (χ0n) is 12.1. The third-order valence-corrected chi connectivity index (χ3v) is 4.09. The molecule has 0 bridgehead atoms. The maximum Gasteiger partial charge on any atom is 0.287 e. The van der Waals surface area contributed by atoms with E-state index in [4.69, 9.17) is 11.6 Å². The normalized spacial score (nSPS) is 16.9. The third kappa shape index (κ3) is 3.96. The lowest BCUT2D eigenvalue weighted by Gasteiger charge is -2.20. The van der Waals surface area contributed by atoms with Gasteiger partial charge in [0, 0.05) is 19.6 Å². The summed E-state index contributed by atoms with van der Waals surface area (Å²) < 4.78 is 1.36. The molecule has 1 aromatic heterocycles. The molecule has 2 rings (SSSR count). The Balaban J connectivity index is 1.87. The van der Waals surface area contributed by atoms with Crippen LogP contribution in [0.1, 0.15) is 32.6 Å². The molecule has 6 heteroatoms. The van der Waals surface area contributed by atoms with E-state index in [1.807, 2.05) is 6.92 Å². The number of nitrogens with one attached hydrogen (secondary N) is 1. The SMILES string of the molecule is CCn1ncc(NCCN2CCCCCC2)c(Cl)c1=O. The minimum atomic E-state index is -0.228. The van der Waals surface area contributed by atoms with Crippen LogP contribution < -0.4 is 10.9 Å². The molecule has 0 aliphatic carbocycles. The van der Waals surface area contributed by atoms with Gasteiger partial charge in [0.15, 0.2) is 0 Å². The quantitative estimate of drug-likeness (QED) is 0.905. The zero-order valence-corrected chi connectivity index (χ0v) is 12.8. The summed E-state index contributed by atoms with van der Waals surface area (Å²) >= 11 is 6.08. The van der Waals surface area contributed by atoms with E-state index in [0.717, 1.165) is 13.1 Å². The van der Waals surface area contributed by atoms with Crippen molar-refractivity contribution in [2.75, 3.05) is 31.5 Å². The van der Waals surface area contributed by atoms with Crippen molar-refractivity contribution in [2.45, 2.75) is 39.2 Å². The first-order valence-electron chi connectivity index (χ1n) is 7.44. The van der Waals surface area contributed by atoms with Crippen LogP contribution in [0.15, 0.2) is 11.0 Å². The smallest absolute Gasteiger partial charge is 0.287 e. The molecule has 112 valence electrons. The topological polar surface area (TPSA) is 50.2 Å². The van der Waals surface area contributed by atoms with Crippen molar-refractivity contribution >= 4 is 17.3 Å². The largest absolute Gasteiger partial charge is 0.381 e. The number of nitrogens with zero attached hydrogens (tertiary/aromatic N) is 3. The van der Waals surface area contributed by atoms with Gasteiger partial charge in [0.25, 0.3) is 5.56 Å². The summed E-state index contributed by atoms with van der Waals surface area (Å²) in [5, 5.41) is 7.54. The first-order valence-corrected chi connectivity index (χ1v) is 7.82. The van der Waals surface area contributed by atoms with Gasteiger partial charge in [-0.3, -0.25) is 4.79 Å². The van der Waals surface area contributed by atoms with Crippen molar-refractivity contribution in [3.05, 3.63) is 21.6 Å². The molecule has 20 heavy (non-hydrogen) atoms. The Hall–Kier alpha value is -1.07. The summed E-state index contributed by atoms with van der Waals surface area (Å²) in [6.07, 6.45) is 6.89. The Labute approximate surface area is 124 Å². The molecule has 1 aromatic rings. The van der Waals surface area contributed by atoms with Crippen LogP contribution in [-0.2, 0) is 6.54 Å². The minimum absolute atomic E-state index is 0.228. The second kappa shape index (κ2) is 7.64. The molecule has 0 amide bonds. The minimum Gasteiger partial charge on any atom is -0.381 e. The van der Waals surface area contributed by atoms with Crippen LogP contribution in [0.4, 0.5) is 5.69 Å². The molecule has 1 aliphatic heterocycles. The molecule has 5 nitrogen and oxygen atoms in total. The van der Waals surface area contributed by atoms with E-state index in [9.17, 15) is 4.79 Å². The van der Waals surface area contributed by atoms with Gasteiger partial charge in [-0.25, -0.2) is 4.68 Å². The van der Waals surface area contributed by atoms with Crippen molar-refractivity contribution in [1.29, 1.82) is 0 Å². The molecule has 0 radical (unpaired) electrons. The second-order valence-corrected chi connectivity index (χ2v) is 5.55. The van der Waals surface area contributed by atoms with Crippen LogP contribution >= 0.6 is 11.6 Å². The summed E-state index contributed by atoms with van der Waals surface area (Å²) in [4.78, 5) is 14.3. The van der Waals surface area contributed by atoms with E-state index in [0.29, 0.717) is 12.2 Å². The number of hydrogen-bond acceptors (Lipinski definition) is 4. The van der Waals surface area contributed by atoms with Gasteiger partial charge in [0.1, 0.15) is 5.02 Å². The highest BCUT2D eigenvalue weighted by Crippen LogP contribution is 2.15. The highest BCUT2D eigenvalue weighted by atomic mass is 35.5. The first-order chi connectivity index (χ1) is 9.72. The van der Waals surface area contributed by atoms with Crippen LogP contribution in [0.2, 0.25) is 5.02 Å². The monoisotopic (exact) mass is 298 g/mol. The van der Waals surface area contributed by atoms with Crippen LogP contribution in [-0.4, -0.2) is 40.9 Å². The lowest BCUT2D eigenvalue weighted by molar-refractivity contribution is 0.296. The van der Waals surface area contributed by atoms with E-state index in [2.05, 4.69) is 15.3 Å². The predicted molar refractivity (Wildman–Crippen MR) is 82.6 cm³/mol. The lowest BCUT2D eigenvalue weighted by Crippen LogP contribution is -2.30. The Morgan fingerprint density at radius 2 is 2.00 bits per heavy atom. The van der Waals surface area contributed by atoms with Gasteiger partial charge in [-0.2, -0.15) is 5.10 Å². The third-order valence-electron chi connectivity index (χ3n) is 3.73. The van der Waals surface area contributed by atoms with Gasteiger partial charge < -0.3 is 10.2 Å². The molecule has 1 aliphatic rings. The van der Waals surface area contributed by atoms with Crippen LogP contribution in [0.25, 0.3) is 0 Å². The highest BCUT2D eigenvalue weighted by Gasteiger charge is 2.10. The second-order valence-electron chi connectivity index (χ2n) is 5.18. The maximum atomic E-state index is 11.8. The molecule has 0 spiro atoms. The summed E-state index contributed by atoms with van der Waals surface area (Å²) in [5.74, 6) is 0. The molecule has 0 aromatic carbocycles. The van der Waals surface area contributed by atoms with Crippen molar-refractivity contribution < 1.29 is 0 Å².